The number of ketones is 1. The normalized spacial score (nSPS) is 9.73. The molecule has 0 bridgehead atoms. The van der Waals surface area contributed by atoms with Crippen LogP contribution in [0, 0.1) is 10.1 Å². The highest BCUT2D eigenvalue weighted by Crippen LogP contribution is 2.28. The molecule has 0 radical (unpaired) electrons. The van der Waals surface area contributed by atoms with E-state index in [0.717, 1.165) is 6.07 Å². The van der Waals surface area contributed by atoms with Crippen LogP contribution in [0.25, 0.3) is 0 Å². The Morgan fingerprint density at radius 3 is 2.53 bits per heavy atom. The van der Waals surface area contributed by atoms with Gasteiger partial charge in [-0.1, -0.05) is 11.6 Å². The number of hydrogen-bond donors (Lipinski definition) is 0. The molecule has 0 amide bonds. The van der Waals surface area contributed by atoms with Gasteiger partial charge in [0.15, 0.2) is 5.78 Å². The van der Waals surface area contributed by atoms with Crippen molar-refractivity contribution in [3.63, 3.8) is 0 Å². The van der Waals surface area contributed by atoms with Crippen LogP contribution < -0.4 is 0 Å². The number of halogens is 1. The number of nitrogens with zero attached hydrogens (tertiary/aromatic N) is 1. The van der Waals surface area contributed by atoms with Crippen molar-refractivity contribution < 1.29 is 14.5 Å². The molecule has 1 rings (SSSR count). The van der Waals surface area contributed by atoms with Crippen molar-refractivity contribution in [1.29, 1.82) is 0 Å². The molecule has 0 aliphatic rings. The number of Topliss-reactive ketones (excluding diaryl/α,β-unsaturated/α-hetero) is 1. The van der Waals surface area contributed by atoms with E-state index < -0.39 is 16.4 Å². The Bertz CT molecular complexity index is 456. The average Bonchev–Trinajstić information content (AvgIpc) is 2.15. The van der Waals surface area contributed by atoms with Crippen molar-refractivity contribution in [2.24, 2.45) is 0 Å². The first-order valence-electron chi connectivity index (χ1n) is 3.91. The van der Waals surface area contributed by atoms with Crippen molar-refractivity contribution in [1.82, 2.24) is 0 Å². The molecule has 0 fully saturated rings. The molecule has 5 nitrogen and oxygen atoms in total. The van der Waals surface area contributed by atoms with Crippen LogP contribution in [-0.2, 0) is 0 Å². The second-order valence-electron chi connectivity index (χ2n) is 2.83. The van der Waals surface area contributed by atoms with E-state index in [1.165, 1.54) is 13.0 Å². The maximum absolute atomic E-state index is 11.1. The number of carbonyl (C=O) groups is 2. The highest BCUT2D eigenvalue weighted by molar-refractivity contribution is 6.34. The molecule has 0 atom stereocenters. The van der Waals surface area contributed by atoms with Gasteiger partial charge in [0.2, 0.25) is 0 Å². The molecule has 1 aromatic carbocycles. The van der Waals surface area contributed by atoms with Crippen LogP contribution in [0.15, 0.2) is 12.1 Å². The monoisotopic (exact) mass is 227 g/mol. The first kappa shape index (κ1) is 11.3. The van der Waals surface area contributed by atoms with Gasteiger partial charge in [0.05, 0.1) is 9.95 Å². The number of benzene rings is 1. The predicted octanol–water partition coefficient (Wildman–Crippen LogP) is 2.26. The number of carbonyl (C=O) groups excluding carboxylic acids is 2. The van der Waals surface area contributed by atoms with Crippen LogP contribution in [0.2, 0.25) is 5.02 Å². The zero-order valence-corrected chi connectivity index (χ0v) is 8.45. The zero-order chi connectivity index (χ0) is 11.6. The maximum atomic E-state index is 11.1. The summed E-state index contributed by atoms with van der Waals surface area (Å²) < 4.78 is 0. The number of nitro groups is 1. The molecule has 0 N–H and O–H groups in total. The van der Waals surface area contributed by atoms with Gasteiger partial charge in [-0.3, -0.25) is 19.7 Å². The van der Waals surface area contributed by atoms with E-state index in [9.17, 15) is 19.7 Å². The first-order valence-corrected chi connectivity index (χ1v) is 4.29. The lowest BCUT2D eigenvalue weighted by atomic mass is 10.1. The fourth-order valence-electron chi connectivity index (χ4n) is 1.17. The minimum atomic E-state index is -0.740. The second-order valence-corrected chi connectivity index (χ2v) is 3.24. The Hall–Kier alpha value is -1.75. The lowest BCUT2D eigenvalue weighted by Gasteiger charge is -2.02. The van der Waals surface area contributed by atoms with Crippen LogP contribution in [0.4, 0.5) is 5.69 Å². The number of rotatable bonds is 3. The van der Waals surface area contributed by atoms with E-state index in [4.69, 9.17) is 11.6 Å². The summed E-state index contributed by atoms with van der Waals surface area (Å²) in [5.74, 6) is -0.510. The third-order valence-electron chi connectivity index (χ3n) is 1.78. The average molecular weight is 228 g/mol. The van der Waals surface area contributed by atoms with Crippen LogP contribution in [0.1, 0.15) is 27.6 Å². The van der Waals surface area contributed by atoms with Crippen LogP contribution in [-0.4, -0.2) is 17.0 Å². The summed E-state index contributed by atoms with van der Waals surface area (Å²) in [6.07, 6.45) is 0.433. The topological polar surface area (TPSA) is 77.3 Å². The highest BCUT2D eigenvalue weighted by Gasteiger charge is 2.21. The number of aldehydes is 1. The standard InChI is InChI=1S/C9H6ClNO4/c1-5(13)9-7(10)2-6(4-12)3-8(9)11(14)15/h2-4H,1H3. The Morgan fingerprint density at radius 1 is 1.53 bits per heavy atom. The Morgan fingerprint density at radius 2 is 2.13 bits per heavy atom. The lowest BCUT2D eigenvalue weighted by molar-refractivity contribution is -0.385. The zero-order valence-electron chi connectivity index (χ0n) is 7.69. The van der Waals surface area contributed by atoms with Crippen LogP contribution >= 0.6 is 11.6 Å². The highest BCUT2D eigenvalue weighted by atomic mass is 35.5. The van der Waals surface area contributed by atoms with Gasteiger partial charge in [0.1, 0.15) is 11.8 Å². The molecule has 0 saturated carbocycles. The molecule has 0 heterocycles. The molecule has 78 valence electrons. The van der Waals surface area contributed by atoms with Gasteiger partial charge in [0.25, 0.3) is 5.69 Å². The van der Waals surface area contributed by atoms with Crippen molar-refractivity contribution in [2.45, 2.75) is 6.92 Å². The number of hydrogen-bond acceptors (Lipinski definition) is 4. The van der Waals surface area contributed by atoms with E-state index in [1.807, 2.05) is 0 Å². The Kier molecular flexibility index (Phi) is 3.16. The van der Waals surface area contributed by atoms with E-state index in [0.29, 0.717) is 6.29 Å². The van der Waals surface area contributed by atoms with Gasteiger partial charge in [-0.2, -0.15) is 0 Å². The smallest absolute Gasteiger partial charge is 0.282 e. The third-order valence-corrected chi connectivity index (χ3v) is 2.07. The molecular formula is C9H6ClNO4. The molecule has 0 aliphatic heterocycles. The largest absolute Gasteiger partial charge is 0.298 e. The van der Waals surface area contributed by atoms with Gasteiger partial charge in [0, 0.05) is 11.6 Å². The SMILES string of the molecule is CC(=O)c1c(Cl)cc(C=O)cc1[N+](=O)[O-]. The minimum Gasteiger partial charge on any atom is -0.298 e. The van der Waals surface area contributed by atoms with E-state index in [-0.39, 0.29) is 16.1 Å². The molecule has 0 unspecified atom stereocenters. The van der Waals surface area contributed by atoms with Gasteiger partial charge in [-0.15, -0.1) is 0 Å². The molecule has 6 heteroatoms. The molecule has 15 heavy (non-hydrogen) atoms. The fourth-order valence-corrected chi connectivity index (χ4v) is 1.53. The van der Waals surface area contributed by atoms with Crippen LogP contribution in [0.3, 0.4) is 0 Å². The molecule has 1 aromatic rings. The maximum Gasteiger partial charge on any atom is 0.282 e. The Balaban J connectivity index is 3.56. The lowest BCUT2D eigenvalue weighted by Crippen LogP contribution is -2.02. The summed E-state index contributed by atoms with van der Waals surface area (Å²) in [5, 5.41) is 10.5. The first-order chi connectivity index (χ1) is 6.97. The van der Waals surface area contributed by atoms with Crippen molar-refractivity contribution in [3.8, 4) is 0 Å². The van der Waals surface area contributed by atoms with Gasteiger partial charge in [-0.05, 0) is 13.0 Å². The third kappa shape index (κ3) is 2.19. The van der Waals surface area contributed by atoms with Gasteiger partial charge >= 0.3 is 0 Å². The van der Waals surface area contributed by atoms with Crippen molar-refractivity contribution in [2.75, 3.05) is 0 Å². The summed E-state index contributed by atoms with van der Waals surface area (Å²) in [7, 11) is 0. The summed E-state index contributed by atoms with van der Waals surface area (Å²) in [5.41, 5.74) is -0.555. The second kappa shape index (κ2) is 4.18. The summed E-state index contributed by atoms with van der Waals surface area (Å²) in [6.45, 7) is 1.18. The quantitative estimate of drug-likeness (QED) is 0.343. The predicted molar refractivity (Wildman–Crippen MR) is 53.5 cm³/mol. The summed E-state index contributed by atoms with van der Waals surface area (Å²) in [6, 6.07) is 2.24. The fraction of sp³-hybridized carbons (Fsp3) is 0.111. The number of nitro benzene ring substituents is 1. The van der Waals surface area contributed by atoms with Gasteiger partial charge < -0.3 is 0 Å². The molecule has 0 aromatic heterocycles. The molecular weight excluding hydrogens is 222 g/mol. The van der Waals surface area contributed by atoms with E-state index in [1.54, 1.807) is 0 Å². The summed E-state index contributed by atoms with van der Waals surface area (Å²) >= 11 is 5.67. The van der Waals surface area contributed by atoms with E-state index >= 15 is 0 Å². The van der Waals surface area contributed by atoms with Crippen LogP contribution in [0.5, 0.6) is 0 Å². The minimum absolute atomic E-state index is 0.0664. The molecule has 0 spiro atoms. The van der Waals surface area contributed by atoms with Crippen molar-refractivity contribution in [3.05, 3.63) is 38.4 Å². The summed E-state index contributed by atoms with van der Waals surface area (Å²) in [4.78, 5) is 31.4. The molecule has 0 aliphatic carbocycles. The Labute approximate surface area is 89.8 Å². The molecule has 0 saturated heterocycles. The van der Waals surface area contributed by atoms with Gasteiger partial charge in [-0.25, -0.2) is 0 Å². The van der Waals surface area contributed by atoms with E-state index in [2.05, 4.69) is 0 Å². The van der Waals surface area contributed by atoms with Crippen molar-refractivity contribution >= 4 is 29.4 Å².